The van der Waals surface area contributed by atoms with Crippen LogP contribution in [0.25, 0.3) is 5.65 Å². The van der Waals surface area contributed by atoms with Crippen molar-refractivity contribution in [1.82, 2.24) is 14.4 Å². The monoisotopic (exact) mass is 198 g/mol. The standard InChI is InChI=1S/C6H3ClN4O2/c7-6-9-3-4(11(12)13)5-8-1-2-10(5)6/h1-3H. The van der Waals surface area contributed by atoms with Crippen LogP contribution in [-0.4, -0.2) is 19.3 Å². The van der Waals surface area contributed by atoms with Crippen LogP contribution in [0.5, 0.6) is 0 Å². The molecule has 2 heterocycles. The fourth-order valence-electron chi connectivity index (χ4n) is 1.00. The molecule has 0 fully saturated rings. The van der Waals surface area contributed by atoms with Gasteiger partial charge in [-0.25, -0.2) is 9.97 Å². The first kappa shape index (κ1) is 7.93. The summed E-state index contributed by atoms with van der Waals surface area (Å²) in [5, 5.41) is 10.6. The quantitative estimate of drug-likeness (QED) is 0.393. The van der Waals surface area contributed by atoms with Crippen molar-refractivity contribution in [2.45, 2.75) is 0 Å². The molecule has 66 valence electrons. The summed E-state index contributed by atoms with van der Waals surface area (Å²) in [7, 11) is 0. The first-order valence-electron chi connectivity index (χ1n) is 3.32. The summed E-state index contributed by atoms with van der Waals surface area (Å²) >= 11 is 5.66. The molecule has 0 unspecified atom stereocenters. The normalized spacial score (nSPS) is 10.5. The van der Waals surface area contributed by atoms with Crippen LogP contribution in [0.1, 0.15) is 0 Å². The van der Waals surface area contributed by atoms with Gasteiger partial charge in [0.2, 0.25) is 10.9 Å². The van der Waals surface area contributed by atoms with Crippen LogP contribution in [0.3, 0.4) is 0 Å². The maximum Gasteiger partial charge on any atom is 0.330 e. The minimum Gasteiger partial charge on any atom is -0.269 e. The van der Waals surface area contributed by atoms with Gasteiger partial charge in [-0.3, -0.25) is 14.5 Å². The van der Waals surface area contributed by atoms with Crippen molar-refractivity contribution in [3.05, 3.63) is 34.0 Å². The van der Waals surface area contributed by atoms with Crippen molar-refractivity contribution >= 4 is 22.9 Å². The van der Waals surface area contributed by atoms with Crippen molar-refractivity contribution < 1.29 is 4.92 Å². The first-order valence-corrected chi connectivity index (χ1v) is 3.70. The van der Waals surface area contributed by atoms with Crippen LogP contribution in [-0.2, 0) is 0 Å². The lowest BCUT2D eigenvalue weighted by atomic mass is 10.5. The zero-order valence-corrected chi connectivity index (χ0v) is 6.97. The van der Waals surface area contributed by atoms with Gasteiger partial charge in [-0.2, -0.15) is 0 Å². The Hall–Kier alpha value is -1.69. The molecule has 13 heavy (non-hydrogen) atoms. The van der Waals surface area contributed by atoms with Crippen LogP contribution in [0, 0.1) is 10.1 Å². The fraction of sp³-hybridized carbons (Fsp3) is 0. The number of imidazole rings is 1. The van der Waals surface area contributed by atoms with E-state index in [1.807, 2.05) is 0 Å². The number of nitrogens with zero attached hydrogens (tertiary/aromatic N) is 4. The second kappa shape index (κ2) is 2.67. The zero-order valence-electron chi connectivity index (χ0n) is 6.22. The Kier molecular flexibility index (Phi) is 1.63. The zero-order chi connectivity index (χ0) is 9.42. The molecule has 0 atom stereocenters. The Balaban J connectivity index is 2.86. The molecule has 0 bridgehead atoms. The van der Waals surface area contributed by atoms with Crippen molar-refractivity contribution in [3.8, 4) is 0 Å². The van der Waals surface area contributed by atoms with Gasteiger partial charge in [-0.1, -0.05) is 0 Å². The molecule has 0 spiro atoms. The third-order valence-corrected chi connectivity index (χ3v) is 1.84. The van der Waals surface area contributed by atoms with E-state index in [9.17, 15) is 10.1 Å². The second-order valence-electron chi connectivity index (χ2n) is 2.29. The van der Waals surface area contributed by atoms with Crippen molar-refractivity contribution in [1.29, 1.82) is 0 Å². The number of aromatic nitrogens is 3. The predicted molar refractivity (Wildman–Crippen MR) is 44.7 cm³/mol. The highest BCUT2D eigenvalue weighted by Crippen LogP contribution is 2.19. The summed E-state index contributed by atoms with van der Waals surface area (Å²) in [6.07, 6.45) is 4.03. The van der Waals surface area contributed by atoms with Gasteiger partial charge >= 0.3 is 5.69 Å². The van der Waals surface area contributed by atoms with Crippen LogP contribution >= 0.6 is 11.6 Å². The van der Waals surface area contributed by atoms with E-state index in [-0.39, 0.29) is 16.6 Å². The van der Waals surface area contributed by atoms with Gasteiger partial charge in [0, 0.05) is 12.4 Å². The number of halogens is 1. The Morgan fingerprint density at radius 1 is 1.54 bits per heavy atom. The molecule has 0 aromatic carbocycles. The number of rotatable bonds is 1. The fourth-order valence-corrected chi connectivity index (χ4v) is 1.19. The third-order valence-electron chi connectivity index (χ3n) is 1.56. The van der Waals surface area contributed by atoms with E-state index in [0.29, 0.717) is 0 Å². The number of nitro groups is 1. The Bertz CT molecular complexity index is 480. The molecular formula is C6H3ClN4O2. The average molecular weight is 199 g/mol. The first-order chi connectivity index (χ1) is 6.20. The van der Waals surface area contributed by atoms with Crippen LogP contribution in [0.2, 0.25) is 5.28 Å². The molecule has 2 aromatic heterocycles. The molecule has 0 aliphatic rings. The number of fused-ring (bicyclic) bond motifs is 1. The third kappa shape index (κ3) is 1.11. The summed E-state index contributed by atoms with van der Waals surface area (Å²) in [6.45, 7) is 0. The highest BCUT2D eigenvalue weighted by atomic mass is 35.5. The number of hydrogen-bond donors (Lipinski definition) is 0. The van der Waals surface area contributed by atoms with E-state index in [1.165, 1.54) is 16.8 Å². The molecule has 0 amide bonds. The van der Waals surface area contributed by atoms with Crippen molar-refractivity contribution in [2.75, 3.05) is 0 Å². The minimum absolute atomic E-state index is 0.151. The molecule has 2 rings (SSSR count). The predicted octanol–water partition coefficient (Wildman–Crippen LogP) is 1.29. The molecule has 0 radical (unpaired) electrons. The lowest BCUT2D eigenvalue weighted by molar-refractivity contribution is -0.383. The summed E-state index contributed by atoms with van der Waals surface area (Å²) < 4.78 is 1.35. The van der Waals surface area contributed by atoms with Gasteiger partial charge in [0.25, 0.3) is 0 Å². The molecule has 0 aliphatic heterocycles. The molecule has 0 N–H and O–H groups in total. The topological polar surface area (TPSA) is 73.3 Å². The SMILES string of the molecule is O=[N+]([O-])c1cnc(Cl)n2ccnc12. The molecule has 0 saturated heterocycles. The highest BCUT2D eigenvalue weighted by Gasteiger charge is 2.15. The maximum absolute atomic E-state index is 10.5. The Morgan fingerprint density at radius 2 is 2.31 bits per heavy atom. The minimum atomic E-state index is -0.550. The van der Waals surface area contributed by atoms with Gasteiger partial charge < -0.3 is 0 Å². The van der Waals surface area contributed by atoms with Crippen LogP contribution in [0.15, 0.2) is 18.6 Å². The second-order valence-corrected chi connectivity index (χ2v) is 2.63. The van der Waals surface area contributed by atoms with Crippen molar-refractivity contribution in [3.63, 3.8) is 0 Å². The Labute approximate surface area is 76.9 Å². The highest BCUT2D eigenvalue weighted by molar-refractivity contribution is 6.28. The molecule has 2 aromatic rings. The number of hydrogen-bond acceptors (Lipinski definition) is 4. The summed E-state index contributed by atoms with van der Waals surface area (Å²) in [5.74, 6) is 0. The van der Waals surface area contributed by atoms with E-state index in [1.54, 1.807) is 0 Å². The molecule has 7 heteroatoms. The lowest BCUT2D eigenvalue weighted by Gasteiger charge is -1.96. The van der Waals surface area contributed by atoms with E-state index < -0.39 is 4.92 Å². The maximum atomic E-state index is 10.5. The van der Waals surface area contributed by atoms with Crippen LogP contribution < -0.4 is 0 Å². The van der Waals surface area contributed by atoms with Gasteiger partial charge in [-0.15, -0.1) is 0 Å². The van der Waals surface area contributed by atoms with E-state index in [0.717, 1.165) is 6.20 Å². The average Bonchev–Trinajstić information content (AvgIpc) is 2.53. The van der Waals surface area contributed by atoms with Gasteiger partial charge in [-0.05, 0) is 11.6 Å². The van der Waals surface area contributed by atoms with Gasteiger partial charge in [0.1, 0.15) is 6.20 Å². The summed E-state index contributed by atoms with van der Waals surface area (Å²) in [4.78, 5) is 17.4. The lowest BCUT2D eigenvalue weighted by Crippen LogP contribution is -1.96. The van der Waals surface area contributed by atoms with Gasteiger partial charge in [0.15, 0.2) is 0 Å². The van der Waals surface area contributed by atoms with Gasteiger partial charge in [0.05, 0.1) is 4.92 Å². The largest absolute Gasteiger partial charge is 0.330 e. The Morgan fingerprint density at radius 3 is 3.00 bits per heavy atom. The van der Waals surface area contributed by atoms with E-state index >= 15 is 0 Å². The van der Waals surface area contributed by atoms with Crippen LogP contribution in [0.4, 0.5) is 5.69 Å². The molecule has 6 nitrogen and oxygen atoms in total. The summed E-state index contributed by atoms with van der Waals surface area (Å²) in [6, 6.07) is 0. The molecule has 0 aliphatic carbocycles. The van der Waals surface area contributed by atoms with E-state index in [2.05, 4.69) is 9.97 Å². The van der Waals surface area contributed by atoms with Crippen molar-refractivity contribution in [2.24, 2.45) is 0 Å². The van der Waals surface area contributed by atoms with E-state index in [4.69, 9.17) is 11.6 Å². The summed E-state index contributed by atoms with van der Waals surface area (Å²) in [5.41, 5.74) is 0.0411. The molecular weight excluding hydrogens is 196 g/mol. The molecule has 0 saturated carbocycles. The smallest absolute Gasteiger partial charge is 0.269 e.